The predicted molar refractivity (Wildman–Crippen MR) is 92.5 cm³/mol. The highest BCUT2D eigenvalue weighted by atomic mass is 16.5. The van der Waals surface area contributed by atoms with Crippen molar-refractivity contribution >= 4 is 17.5 Å². The summed E-state index contributed by atoms with van der Waals surface area (Å²) in [5.41, 5.74) is 1.28. The largest absolute Gasteiger partial charge is 0.392 e. The molecule has 0 unspecified atom stereocenters. The van der Waals surface area contributed by atoms with E-state index in [4.69, 9.17) is 4.74 Å². The predicted octanol–water partition coefficient (Wildman–Crippen LogP) is 1.58. The number of benzene rings is 1. The molecule has 6 nitrogen and oxygen atoms in total. The van der Waals surface area contributed by atoms with Gasteiger partial charge in [-0.05, 0) is 56.9 Å². The zero-order valence-electron chi connectivity index (χ0n) is 14.6. The Morgan fingerprint density at radius 2 is 2.04 bits per heavy atom. The summed E-state index contributed by atoms with van der Waals surface area (Å²) in [6, 6.07) is 5.30. The summed E-state index contributed by atoms with van der Waals surface area (Å²) in [4.78, 5) is 24.8. The second-order valence-electron chi connectivity index (χ2n) is 7.96. The molecule has 0 aromatic heterocycles. The first kappa shape index (κ1) is 16.5. The minimum atomic E-state index is -0.639. The summed E-state index contributed by atoms with van der Waals surface area (Å²) in [7, 11) is 0. The van der Waals surface area contributed by atoms with Gasteiger partial charge in [-0.25, -0.2) is 0 Å². The Hall–Kier alpha value is -1.92. The fourth-order valence-corrected chi connectivity index (χ4v) is 4.35. The number of aliphatic hydroxyl groups excluding tert-OH is 1. The average molecular weight is 344 g/mol. The van der Waals surface area contributed by atoms with Crippen molar-refractivity contribution in [2.75, 3.05) is 18.5 Å². The van der Waals surface area contributed by atoms with Crippen molar-refractivity contribution in [3.05, 3.63) is 29.3 Å². The number of nitrogens with one attached hydrogen (secondary N) is 2. The molecular weight excluding hydrogens is 320 g/mol. The number of rotatable bonds is 2. The Labute approximate surface area is 146 Å². The lowest BCUT2D eigenvalue weighted by molar-refractivity contribution is -0.145. The van der Waals surface area contributed by atoms with Crippen molar-refractivity contribution < 1.29 is 19.4 Å². The summed E-state index contributed by atoms with van der Waals surface area (Å²) < 4.78 is 5.41. The van der Waals surface area contributed by atoms with Crippen LogP contribution in [-0.4, -0.2) is 42.3 Å². The molecule has 0 radical (unpaired) electrons. The van der Waals surface area contributed by atoms with Gasteiger partial charge in [-0.15, -0.1) is 0 Å². The molecule has 6 heteroatoms. The van der Waals surface area contributed by atoms with Crippen LogP contribution in [0.4, 0.5) is 5.69 Å². The molecule has 4 rings (SSSR count). The molecule has 2 atom stereocenters. The number of carbonyl (C=O) groups is 2. The van der Waals surface area contributed by atoms with Crippen LogP contribution < -0.4 is 10.6 Å². The lowest BCUT2D eigenvalue weighted by atomic mass is 9.58. The van der Waals surface area contributed by atoms with E-state index in [2.05, 4.69) is 10.6 Å². The summed E-state index contributed by atoms with van der Waals surface area (Å²) in [6.07, 6.45) is 1.76. The first-order valence-corrected chi connectivity index (χ1v) is 8.87. The molecule has 2 fully saturated rings. The van der Waals surface area contributed by atoms with Gasteiger partial charge in [0.15, 0.2) is 0 Å². The van der Waals surface area contributed by atoms with Gasteiger partial charge in [-0.1, -0.05) is 0 Å². The zero-order chi connectivity index (χ0) is 17.8. The first-order chi connectivity index (χ1) is 11.8. The lowest BCUT2D eigenvalue weighted by Gasteiger charge is -2.55. The molecule has 1 aromatic rings. The normalized spacial score (nSPS) is 28.8. The van der Waals surface area contributed by atoms with Gasteiger partial charge in [-0.2, -0.15) is 0 Å². The minimum Gasteiger partial charge on any atom is -0.392 e. The number of hydrogen-bond acceptors (Lipinski definition) is 4. The minimum absolute atomic E-state index is 0.0279. The molecule has 25 heavy (non-hydrogen) atoms. The Morgan fingerprint density at radius 3 is 2.72 bits per heavy atom. The molecule has 1 aromatic carbocycles. The number of ether oxygens (including phenoxy) is 1. The highest BCUT2D eigenvalue weighted by Crippen LogP contribution is 2.49. The number of fused-ring (bicyclic) bond motifs is 1. The van der Waals surface area contributed by atoms with Crippen LogP contribution in [0.25, 0.3) is 0 Å². The maximum absolute atomic E-state index is 12.7. The Morgan fingerprint density at radius 1 is 1.32 bits per heavy atom. The van der Waals surface area contributed by atoms with Gasteiger partial charge in [0.05, 0.1) is 11.5 Å². The van der Waals surface area contributed by atoms with Gasteiger partial charge in [0, 0.05) is 35.9 Å². The highest BCUT2D eigenvalue weighted by molar-refractivity contribution is 6.07. The standard InChI is InChI=1S/C19H24N2O4/c1-18(2)12-9-11(3-4-13(12)20-17(18)24)16(23)21-14-10-15(22)19(14)5-7-25-8-6-19/h3-4,9,14-15,22H,5-8,10H2,1-2H3,(H,20,24)(H,21,23)/t14-,15-/m1/s1. The van der Waals surface area contributed by atoms with Gasteiger partial charge in [0.25, 0.3) is 5.91 Å². The molecule has 0 bridgehead atoms. The number of amides is 2. The van der Waals surface area contributed by atoms with E-state index in [1.165, 1.54) is 0 Å². The van der Waals surface area contributed by atoms with E-state index in [1.807, 2.05) is 13.8 Å². The van der Waals surface area contributed by atoms with Gasteiger partial charge >= 0.3 is 0 Å². The molecule has 2 aliphatic heterocycles. The molecule has 134 valence electrons. The van der Waals surface area contributed by atoms with Crippen LogP contribution in [0.2, 0.25) is 0 Å². The molecule has 1 saturated heterocycles. The number of hydrogen-bond donors (Lipinski definition) is 3. The van der Waals surface area contributed by atoms with E-state index in [0.717, 1.165) is 24.1 Å². The monoisotopic (exact) mass is 344 g/mol. The number of aliphatic hydroxyl groups is 1. The molecule has 1 spiro atoms. The number of carbonyl (C=O) groups excluding carboxylic acids is 2. The van der Waals surface area contributed by atoms with Gasteiger partial charge in [0.2, 0.25) is 5.91 Å². The van der Waals surface area contributed by atoms with Crippen LogP contribution >= 0.6 is 0 Å². The quantitative estimate of drug-likeness (QED) is 0.760. The van der Waals surface area contributed by atoms with Crippen LogP contribution in [0.1, 0.15) is 49.0 Å². The lowest BCUT2D eigenvalue weighted by Crippen LogP contribution is -2.65. The Balaban J connectivity index is 1.53. The van der Waals surface area contributed by atoms with E-state index in [1.54, 1.807) is 18.2 Å². The third-order valence-corrected chi connectivity index (χ3v) is 6.32. The molecule has 3 aliphatic rings. The second-order valence-corrected chi connectivity index (χ2v) is 7.96. The van der Waals surface area contributed by atoms with Gasteiger partial charge < -0.3 is 20.5 Å². The molecule has 1 aliphatic carbocycles. The first-order valence-electron chi connectivity index (χ1n) is 8.87. The summed E-state index contributed by atoms with van der Waals surface area (Å²) in [5, 5.41) is 16.2. The maximum Gasteiger partial charge on any atom is 0.251 e. The zero-order valence-corrected chi connectivity index (χ0v) is 14.6. The smallest absolute Gasteiger partial charge is 0.251 e. The van der Waals surface area contributed by atoms with Crippen molar-refractivity contribution in [2.45, 2.75) is 50.7 Å². The van der Waals surface area contributed by atoms with Crippen LogP contribution in [0, 0.1) is 5.41 Å². The molecular formula is C19H24N2O4. The highest BCUT2D eigenvalue weighted by Gasteiger charge is 2.55. The van der Waals surface area contributed by atoms with Crippen molar-refractivity contribution in [3.8, 4) is 0 Å². The fourth-order valence-electron chi connectivity index (χ4n) is 4.35. The van der Waals surface area contributed by atoms with E-state index < -0.39 is 5.41 Å². The Bertz CT molecular complexity index is 737. The van der Waals surface area contributed by atoms with E-state index in [0.29, 0.717) is 25.2 Å². The number of anilines is 1. The van der Waals surface area contributed by atoms with Crippen LogP contribution in [0.15, 0.2) is 18.2 Å². The fraction of sp³-hybridized carbons (Fsp3) is 0.579. The van der Waals surface area contributed by atoms with Gasteiger partial charge in [-0.3, -0.25) is 9.59 Å². The SMILES string of the molecule is CC1(C)C(=O)Nc2ccc(C(=O)N[C@@H]3C[C@@H](O)C34CCOCC4)cc21. The third-order valence-electron chi connectivity index (χ3n) is 6.32. The van der Waals surface area contributed by atoms with Crippen molar-refractivity contribution in [1.82, 2.24) is 5.32 Å². The van der Waals surface area contributed by atoms with Crippen molar-refractivity contribution in [3.63, 3.8) is 0 Å². The molecule has 2 heterocycles. The summed E-state index contributed by atoms with van der Waals surface area (Å²) in [6.45, 7) is 4.97. The third kappa shape index (κ3) is 2.39. The van der Waals surface area contributed by atoms with Crippen molar-refractivity contribution in [1.29, 1.82) is 0 Å². The average Bonchev–Trinajstić information content (AvgIpc) is 2.84. The van der Waals surface area contributed by atoms with Crippen LogP contribution in [-0.2, 0) is 14.9 Å². The van der Waals surface area contributed by atoms with Crippen LogP contribution in [0.5, 0.6) is 0 Å². The maximum atomic E-state index is 12.7. The van der Waals surface area contributed by atoms with E-state index in [-0.39, 0.29) is 29.4 Å². The second kappa shape index (κ2) is 5.54. The van der Waals surface area contributed by atoms with Crippen molar-refractivity contribution in [2.24, 2.45) is 5.41 Å². The summed E-state index contributed by atoms with van der Waals surface area (Å²) >= 11 is 0. The summed E-state index contributed by atoms with van der Waals surface area (Å²) in [5.74, 6) is -0.205. The molecule has 1 saturated carbocycles. The topological polar surface area (TPSA) is 87.7 Å². The van der Waals surface area contributed by atoms with Crippen LogP contribution in [0.3, 0.4) is 0 Å². The molecule has 2 amide bonds. The molecule has 3 N–H and O–H groups in total. The Kier molecular flexibility index (Phi) is 3.67. The van der Waals surface area contributed by atoms with Gasteiger partial charge in [0.1, 0.15) is 0 Å². The van der Waals surface area contributed by atoms with E-state index >= 15 is 0 Å². The van der Waals surface area contributed by atoms with E-state index in [9.17, 15) is 14.7 Å².